The quantitative estimate of drug-likeness (QED) is 0.645. The van der Waals surface area contributed by atoms with Crippen LogP contribution in [0.25, 0.3) is 0 Å². The Morgan fingerprint density at radius 1 is 0.969 bits per heavy atom. The molecule has 0 aromatic heterocycles. The molecule has 1 aliphatic heterocycles. The minimum Gasteiger partial charge on any atom is -0.497 e. The molecule has 2 aliphatic rings. The van der Waals surface area contributed by atoms with Gasteiger partial charge in [-0.25, -0.2) is 0 Å². The molecule has 1 unspecified atom stereocenters. The van der Waals surface area contributed by atoms with Crippen LogP contribution >= 0.6 is 0 Å². The van der Waals surface area contributed by atoms with Gasteiger partial charge in [-0.3, -0.25) is 14.5 Å². The lowest BCUT2D eigenvalue weighted by Gasteiger charge is -2.38. The summed E-state index contributed by atoms with van der Waals surface area (Å²) in [5.74, 6) is 0.250. The zero-order valence-corrected chi connectivity index (χ0v) is 17.7. The molecule has 168 valence electrons. The molecule has 0 radical (unpaired) electrons. The first kappa shape index (κ1) is 21.9. The molecule has 8 heteroatoms. The molecule has 0 saturated heterocycles. The maximum Gasteiger partial charge on any atom is 0.416 e. The molecule has 32 heavy (non-hydrogen) atoms. The van der Waals surface area contributed by atoms with Gasteiger partial charge in [0.1, 0.15) is 11.5 Å². The van der Waals surface area contributed by atoms with Gasteiger partial charge in [0.25, 0.3) is 0 Å². The lowest BCUT2D eigenvalue weighted by Crippen LogP contribution is -2.40. The Bertz CT molecular complexity index is 1090. The number of rotatable bonds is 4. The molecule has 0 saturated carbocycles. The molecule has 1 amide bonds. The number of ether oxygens (including phenoxy) is 2. The van der Waals surface area contributed by atoms with Crippen molar-refractivity contribution >= 4 is 17.4 Å². The summed E-state index contributed by atoms with van der Waals surface area (Å²) in [4.78, 5) is 27.7. The number of halogens is 3. The van der Waals surface area contributed by atoms with Crippen molar-refractivity contribution in [3.63, 3.8) is 0 Å². The maximum absolute atomic E-state index is 13.3. The van der Waals surface area contributed by atoms with Crippen molar-refractivity contribution in [2.24, 2.45) is 0 Å². The standard InChI is InChI=1S/C24H22F3NO4/c1-31-16-10-11-21(32-2)17(12-16)18-13-22(30)28(19-4-3-5-20(29)23(18)19)15-8-6-14(7-9-15)24(25,26)27/h6-12,18H,3-5,13H2,1-2H3. The van der Waals surface area contributed by atoms with Crippen molar-refractivity contribution in [1.82, 2.24) is 0 Å². The van der Waals surface area contributed by atoms with Gasteiger partial charge in [0, 0.05) is 41.3 Å². The Hall–Kier alpha value is -3.29. The molecule has 5 nitrogen and oxygen atoms in total. The smallest absolute Gasteiger partial charge is 0.416 e. The average molecular weight is 445 g/mol. The van der Waals surface area contributed by atoms with Crippen LogP contribution < -0.4 is 14.4 Å². The highest BCUT2D eigenvalue weighted by atomic mass is 19.4. The van der Waals surface area contributed by atoms with E-state index >= 15 is 0 Å². The van der Waals surface area contributed by atoms with Crippen LogP contribution in [0.5, 0.6) is 11.5 Å². The molecule has 1 aliphatic carbocycles. The zero-order chi connectivity index (χ0) is 23.0. The summed E-state index contributed by atoms with van der Waals surface area (Å²) in [7, 11) is 3.04. The number of nitrogens with zero attached hydrogens (tertiary/aromatic N) is 1. The van der Waals surface area contributed by atoms with Crippen LogP contribution in [0.1, 0.15) is 42.7 Å². The molecule has 1 heterocycles. The normalized spacial score (nSPS) is 19.2. The van der Waals surface area contributed by atoms with Crippen LogP contribution in [0.4, 0.5) is 18.9 Å². The zero-order valence-electron chi connectivity index (χ0n) is 17.7. The summed E-state index contributed by atoms with van der Waals surface area (Å²) in [5.41, 5.74) is 1.27. The molecule has 4 rings (SSSR count). The van der Waals surface area contributed by atoms with Gasteiger partial charge in [0.2, 0.25) is 5.91 Å². The van der Waals surface area contributed by atoms with Crippen LogP contribution in [0.3, 0.4) is 0 Å². The second-order valence-electron chi connectivity index (χ2n) is 7.78. The number of anilines is 1. The number of methoxy groups -OCH3 is 2. The minimum atomic E-state index is -4.47. The van der Waals surface area contributed by atoms with E-state index in [4.69, 9.17) is 9.47 Å². The number of hydrogen-bond acceptors (Lipinski definition) is 4. The lowest BCUT2D eigenvalue weighted by molar-refractivity contribution is -0.137. The molecule has 0 spiro atoms. The Morgan fingerprint density at radius 3 is 2.31 bits per heavy atom. The summed E-state index contributed by atoms with van der Waals surface area (Å²) in [6.45, 7) is 0. The van der Waals surface area contributed by atoms with E-state index in [1.165, 1.54) is 31.3 Å². The lowest BCUT2D eigenvalue weighted by atomic mass is 9.76. The highest BCUT2D eigenvalue weighted by molar-refractivity contribution is 6.07. The number of amides is 1. The summed E-state index contributed by atoms with van der Waals surface area (Å²) in [5, 5.41) is 0. The van der Waals surface area contributed by atoms with Crippen LogP contribution in [-0.2, 0) is 15.8 Å². The first-order valence-electron chi connectivity index (χ1n) is 10.2. The van der Waals surface area contributed by atoms with E-state index in [1.54, 1.807) is 18.2 Å². The Morgan fingerprint density at radius 2 is 1.69 bits per heavy atom. The van der Waals surface area contributed by atoms with Gasteiger partial charge in [-0.15, -0.1) is 0 Å². The van der Waals surface area contributed by atoms with Crippen molar-refractivity contribution in [2.45, 2.75) is 37.8 Å². The fraction of sp³-hybridized carbons (Fsp3) is 0.333. The molecule has 1 atom stereocenters. The van der Waals surface area contributed by atoms with Crippen molar-refractivity contribution in [1.29, 1.82) is 0 Å². The van der Waals surface area contributed by atoms with Crippen molar-refractivity contribution in [3.05, 3.63) is 64.9 Å². The molecular weight excluding hydrogens is 423 g/mol. The van der Waals surface area contributed by atoms with E-state index in [2.05, 4.69) is 0 Å². The molecule has 2 aromatic carbocycles. The monoisotopic (exact) mass is 445 g/mol. The number of benzene rings is 2. The highest BCUT2D eigenvalue weighted by Crippen LogP contribution is 2.46. The first-order chi connectivity index (χ1) is 15.2. The maximum atomic E-state index is 13.3. The van der Waals surface area contributed by atoms with Gasteiger partial charge in [-0.05, 0) is 55.3 Å². The number of Topliss-reactive ketones (excluding diaryl/α,β-unsaturated/α-hetero) is 1. The van der Waals surface area contributed by atoms with Crippen LogP contribution in [0, 0.1) is 0 Å². The van der Waals surface area contributed by atoms with Crippen LogP contribution in [0.15, 0.2) is 53.7 Å². The van der Waals surface area contributed by atoms with E-state index in [0.717, 1.165) is 12.1 Å². The molecular formula is C24H22F3NO4. The van der Waals surface area contributed by atoms with Crippen molar-refractivity contribution in [2.75, 3.05) is 19.1 Å². The van der Waals surface area contributed by atoms with E-state index < -0.39 is 17.7 Å². The third-order valence-corrected chi connectivity index (χ3v) is 5.94. The number of alkyl halides is 3. The van der Waals surface area contributed by atoms with E-state index in [-0.39, 0.29) is 18.1 Å². The third-order valence-electron chi connectivity index (χ3n) is 5.94. The predicted molar refractivity (Wildman–Crippen MR) is 112 cm³/mol. The van der Waals surface area contributed by atoms with Gasteiger partial charge < -0.3 is 9.47 Å². The van der Waals surface area contributed by atoms with Crippen molar-refractivity contribution in [3.8, 4) is 11.5 Å². The van der Waals surface area contributed by atoms with Gasteiger partial charge in [-0.2, -0.15) is 13.2 Å². The third kappa shape index (κ3) is 3.85. The van der Waals surface area contributed by atoms with Crippen molar-refractivity contribution < 1.29 is 32.2 Å². The second-order valence-corrected chi connectivity index (χ2v) is 7.78. The second kappa shape index (κ2) is 8.33. The summed E-state index contributed by atoms with van der Waals surface area (Å²) >= 11 is 0. The average Bonchev–Trinajstić information content (AvgIpc) is 2.77. The predicted octanol–water partition coefficient (Wildman–Crippen LogP) is 5.25. The van der Waals surface area contributed by atoms with Gasteiger partial charge in [-0.1, -0.05) is 0 Å². The Labute approximate surface area is 183 Å². The molecule has 0 fully saturated rings. The number of carbonyl (C=O) groups is 2. The van der Waals surface area contributed by atoms with Gasteiger partial charge in [0.05, 0.1) is 19.8 Å². The fourth-order valence-electron chi connectivity index (χ4n) is 4.47. The summed E-state index contributed by atoms with van der Waals surface area (Å²) < 4.78 is 49.7. The number of hydrogen-bond donors (Lipinski definition) is 0. The van der Waals surface area contributed by atoms with Gasteiger partial charge in [0.15, 0.2) is 5.78 Å². The molecule has 0 bridgehead atoms. The number of ketones is 1. The Kier molecular flexibility index (Phi) is 5.71. The largest absolute Gasteiger partial charge is 0.497 e. The van der Waals surface area contributed by atoms with E-state index in [1.807, 2.05) is 0 Å². The first-order valence-corrected chi connectivity index (χ1v) is 10.2. The topological polar surface area (TPSA) is 55.8 Å². The van der Waals surface area contributed by atoms with E-state index in [9.17, 15) is 22.8 Å². The van der Waals surface area contributed by atoms with Crippen LogP contribution in [0.2, 0.25) is 0 Å². The Balaban J connectivity index is 1.83. The minimum absolute atomic E-state index is 0.00484. The highest BCUT2D eigenvalue weighted by Gasteiger charge is 2.41. The van der Waals surface area contributed by atoms with Crippen LogP contribution in [-0.4, -0.2) is 25.9 Å². The van der Waals surface area contributed by atoms with E-state index in [0.29, 0.717) is 53.3 Å². The SMILES string of the molecule is COc1ccc(OC)c(C2CC(=O)N(c3ccc(C(F)(F)F)cc3)C3=C2C(=O)CCC3)c1. The fourth-order valence-corrected chi connectivity index (χ4v) is 4.47. The van der Waals surface area contributed by atoms with Gasteiger partial charge >= 0.3 is 6.18 Å². The summed E-state index contributed by atoms with van der Waals surface area (Å²) in [6.07, 6.45) is -3.06. The molecule has 2 aromatic rings. The summed E-state index contributed by atoms with van der Waals surface area (Å²) in [6, 6.07) is 9.67. The molecule has 0 N–H and O–H groups in total. The number of allylic oxidation sites excluding steroid dienone is 2. The number of carbonyl (C=O) groups excluding carboxylic acids is 2.